The van der Waals surface area contributed by atoms with Crippen molar-refractivity contribution in [3.63, 3.8) is 0 Å². The van der Waals surface area contributed by atoms with Gasteiger partial charge in [-0.15, -0.1) is 0 Å². The topological polar surface area (TPSA) is 46.2 Å². The molecule has 0 unspecified atom stereocenters. The molecule has 1 rings (SSSR count). The highest BCUT2D eigenvalue weighted by Gasteiger charge is 2.08. The summed E-state index contributed by atoms with van der Waals surface area (Å²) in [5.41, 5.74) is 6.19. The van der Waals surface area contributed by atoms with Gasteiger partial charge in [0.05, 0.1) is 12.6 Å². The van der Waals surface area contributed by atoms with E-state index in [0.717, 1.165) is 3.57 Å². The van der Waals surface area contributed by atoms with Crippen LogP contribution >= 0.6 is 22.6 Å². The molecule has 0 amide bonds. The number of aliphatic hydroxyl groups excluding tert-OH is 1. The number of benzene rings is 1. The molecule has 1 atom stereocenters. The number of aliphatic hydroxyl groups is 1. The van der Waals surface area contributed by atoms with Gasteiger partial charge in [0, 0.05) is 3.57 Å². The second-order valence-corrected chi connectivity index (χ2v) is 3.62. The van der Waals surface area contributed by atoms with Crippen molar-refractivity contribution in [2.24, 2.45) is 5.73 Å². The first kappa shape index (κ1) is 9.88. The van der Waals surface area contributed by atoms with Crippen LogP contribution in [-0.4, -0.2) is 11.7 Å². The Balaban J connectivity index is 3.04. The van der Waals surface area contributed by atoms with Gasteiger partial charge in [-0.2, -0.15) is 0 Å². The molecule has 3 N–H and O–H groups in total. The molecule has 0 bridgehead atoms. The zero-order valence-corrected chi connectivity index (χ0v) is 8.45. The Morgan fingerprint density at radius 1 is 1.58 bits per heavy atom. The van der Waals surface area contributed by atoms with Gasteiger partial charge in [-0.3, -0.25) is 0 Å². The third kappa shape index (κ3) is 2.15. The van der Waals surface area contributed by atoms with Gasteiger partial charge in [0.1, 0.15) is 5.82 Å². The first-order valence-electron chi connectivity index (χ1n) is 3.46. The Morgan fingerprint density at radius 2 is 2.25 bits per heavy atom. The van der Waals surface area contributed by atoms with E-state index in [-0.39, 0.29) is 12.4 Å². The summed E-state index contributed by atoms with van der Waals surface area (Å²) < 4.78 is 13.6. The molecule has 0 aliphatic rings. The fourth-order valence-electron chi connectivity index (χ4n) is 0.897. The molecule has 0 aliphatic heterocycles. The van der Waals surface area contributed by atoms with E-state index < -0.39 is 6.04 Å². The van der Waals surface area contributed by atoms with Gasteiger partial charge in [-0.25, -0.2) is 4.39 Å². The average molecular weight is 281 g/mol. The predicted octanol–water partition coefficient (Wildman–Crippen LogP) is 1.42. The highest BCUT2D eigenvalue weighted by atomic mass is 127. The first-order chi connectivity index (χ1) is 5.65. The van der Waals surface area contributed by atoms with Gasteiger partial charge < -0.3 is 10.8 Å². The third-order valence-corrected chi connectivity index (χ3v) is 2.54. The molecule has 0 saturated heterocycles. The Hall–Kier alpha value is -0.200. The van der Waals surface area contributed by atoms with Crippen molar-refractivity contribution in [2.75, 3.05) is 6.61 Å². The smallest absolute Gasteiger partial charge is 0.123 e. The molecule has 66 valence electrons. The minimum atomic E-state index is -0.493. The lowest BCUT2D eigenvalue weighted by Gasteiger charge is -2.10. The number of halogens is 2. The molecule has 2 nitrogen and oxygen atoms in total. The number of hydrogen-bond acceptors (Lipinski definition) is 2. The van der Waals surface area contributed by atoms with Crippen LogP contribution < -0.4 is 5.73 Å². The monoisotopic (exact) mass is 281 g/mol. The molecule has 0 heterocycles. The van der Waals surface area contributed by atoms with Crippen molar-refractivity contribution in [1.29, 1.82) is 0 Å². The Kier molecular flexibility index (Phi) is 3.42. The molecular formula is C8H9FINO. The van der Waals surface area contributed by atoms with Crippen LogP contribution in [0.15, 0.2) is 18.2 Å². The largest absolute Gasteiger partial charge is 0.394 e. The van der Waals surface area contributed by atoms with Crippen molar-refractivity contribution in [3.8, 4) is 0 Å². The number of nitrogens with two attached hydrogens (primary N) is 1. The van der Waals surface area contributed by atoms with E-state index in [9.17, 15) is 4.39 Å². The van der Waals surface area contributed by atoms with Gasteiger partial charge >= 0.3 is 0 Å². The summed E-state index contributed by atoms with van der Waals surface area (Å²) in [5, 5.41) is 8.75. The molecule has 0 spiro atoms. The minimum Gasteiger partial charge on any atom is -0.394 e. The van der Waals surface area contributed by atoms with E-state index in [1.54, 1.807) is 6.07 Å². The van der Waals surface area contributed by atoms with Crippen molar-refractivity contribution < 1.29 is 9.50 Å². The molecule has 1 aromatic carbocycles. The van der Waals surface area contributed by atoms with Gasteiger partial charge in [-0.05, 0) is 46.4 Å². The molecule has 0 radical (unpaired) electrons. The summed E-state index contributed by atoms with van der Waals surface area (Å²) in [6.07, 6.45) is 0. The van der Waals surface area contributed by atoms with E-state index >= 15 is 0 Å². The summed E-state index contributed by atoms with van der Waals surface area (Å²) >= 11 is 2.06. The molecule has 0 aromatic heterocycles. The predicted molar refractivity (Wildman–Crippen MR) is 53.1 cm³/mol. The second kappa shape index (κ2) is 4.15. The van der Waals surface area contributed by atoms with Crippen LogP contribution in [0.25, 0.3) is 0 Å². The van der Waals surface area contributed by atoms with Crippen LogP contribution in [0.5, 0.6) is 0 Å². The maximum atomic E-state index is 12.7. The van der Waals surface area contributed by atoms with Crippen molar-refractivity contribution in [3.05, 3.63) is 33.1 Å². The van der Waals surface area contributed by atoms with Gasteiger partial charge in [0.15, 0.2) is 0 Å². The third-order valence-electron chi connectivity index (χ3n) is 1.55. The lowest BCUT2D eigenvalue weighted by molar-refractivity contribution is 0.267. The van der Waals surface area contributed by atoms with Crippen molar-refractivity contribution >= 4 is 22.6 Å². The van der Waals surface area contributed by atoms with E-state index in [1.807, 2.05) is 0 Å². The normalized spacial score (nSPS) is 13.0. The maximum absolute atomic E-state index is 12.7. The van der Waals surface area contributed by atoms with Gasteiger partial charge in [-0.1, -0.05) is 0 Å². The zero-order valence-electron chi connectivity index (χ0n) is 6.30. The quantitative estimate of drug-likeness (QED) is 0.805. The molecule has 4 heteroatoms. The van der Waals surface area contributed by atoms with Crippen LogP contribution in [0.2, 0.25) is 0 Å². The molecule has 1 aromatic rings. The number of rotatable bonds is 2. The van der Waals surface area contributed by atoms with E-state index in [0.29, 0.717) is 5.56 Å². The Labute approximate surface area is 83.7 Å². The van der Waals surface area contributed by atoms with Crippen LogP contribution in [0.1, 0.15) is 11.6 Å². The van der Waals surface area contributed by atoms with Crippen molar-refractivity contribution in [1.82, 2.24) is 0 Å². The van der Waals surface area contributed by atoms with E-state index in [4.69, 9.17) is 10.8 Å². The van der Waals surface area contributed by atoms with Crippen LogP contribution in [0.4, 0.5) is 4.39 Å². The molecule has 0 saturated carbocycles. The van der Waals surface area contributed by atoms with Crippen molar-refractivity contribution in [2.45, 2.75) is 6.04 Å². The molecule has 12 heavy (non-hydrogen) atoms. The van der Waals surface area contributed by atoms with Gasteiger partial charge in [0.25, 0.3) is 0 Å². The minimum absolute atomic E-state index is 0.167. The summed E-state index contributed by atoms with van der Waals surface area (Å²) in [6.45, 7) is -0.167. The van der Waals surface area contributed by atoms with Crippen LogP contribution in [0, 0.1) is 9.39 Å². The first-order valence-corrected chi connectivity index (χ1v) is 4.54. The van der Waals surface area contributed by atoms with E-state index in [1.165, 1.54) is 12.1 Å². The summed E-state index contributed by atoms with van der Waals surface area (Å²) in [6, 6.07) is 3.87. The van der Waals surface area contributed by atoms with E-state index in [2.05, 4.69) is 22.6 Å². The maximum Gasteiger partial charge on any atom is 0.123 e. The molecular weight excluding hydrogens is 272 g/mol. The average Bonchev–Trinajstić information content (AvgIpc) is 2.08. The summed E-state index contributed by atoms with van der Waals surface area (Å²) in [7, 11) is 0. The van der Waals surface area contributed by atoms with Crippen LogP contribution in [0.3, 0.4) is 0 Å². The fraction of sp³-hybridized carbons (Fsp3) is 0.250. The summed E-state index contributed by atoms with van der Waals surface area (Å²) in [4.78, 5) is 0. The zero-order chi connectivity index (χ0) is 9.14. The fourth-order valence-corrected chi connectivity index (χ4v) is 1.63. The number of hydrogen-bond donors (Lipinski definition) is 2. The lowest BCUT2D eigenvalue weighted by Crippen LogP contribution is -2.15. The Bertz CT molecular complexity index is 280. The molecule has 0 aliphatic carbocycles. The highest BCUT2D eigenvalue weighted by molar-refractivity contribution is 14.1. The summed E-state index contributed by atoms with van der Waals surface area (Å²) in [5.74, 6) is -0.325. The molecule has 0 fully saturated rings. The van der Waals surface area contributed by atoms with Gasteiger partial charge in [0.2, 0.25) is 0 Å². The highest BCUT2D eigenvalue weighted by Crippen LogP contribution is 2.18. The van der Waals surface area contributed by atoms with Crippen LogP contribution in [-0.2, 0) is 0 Å². The SMILES string of the molecule is N[C@H](CO)c1cc(F)ccc1I. The lowest BCUT2D eigenvalue weighted by atomic mass is 10.1. The Morgan fingerprint density at radius 3 is 2.83 bits per heavy atom. The standard InChI is InChI=1S/C8H9FINO/c9-5-1-2-7(10)6(3-5)8(11)4-12/h1-3,8,12H,4,11H2/t8-/m1/s1. The second-order valence-electron chi connectivity index (χ2n) is 2.45.